The molecule has 0 radical (unpaired) electrons. The molecule has 184 valence electrons. The van der Waals surface area contributed by atoms with Crippen LogP contribution in [0.25, 0.3) is 11.1 Å². The highest BCUT2D eigenvalue weighted by Gasteiger charge is 2.34. The first-order chi connectivity index (χ1) is 15.8. The average molecular weight is 488 g/mol. The van der Waals surface area contributed by atoms with Crippen LogP contribution in [0.5, 0.6) is 0 Å². The quantitative estimate of drug-likeness (QED) is 0.661. The molecule has 1 N–H and O–H groups in total. The van der Waals surface area contributed by atoms with E-state index in [4.69, 9.17) is 4.74 Å². The van der Waals surface area contributed by atoms with Gasteiger partial charge < -0.3 is 19.9 Å². The van der Waals surface area contributed by atoms with Crippen molar-refractivity contribution in [3.8, 4) is 11.1 Å². The maximum Gasteiger partial charge on any atom is 0.407 e. The Morgan fingerprint density at radius 2 is 1.76 bits per heavy atom. The molecule has 2 amide bonds. The number of carbonyl (C=O) groups is 2. The Labute approximate surface area is 207 Å². The van der Waals surface area contributed by atoms with Crippen LogP contribution in [-0.2, 0) is 9.53 Å². The minimum absolute atomic E-state index is 0. The van der Waals surface area contributed by atoms with Crippen molar-refractivity contribution in [1.82, 2.24) is 15.3 Å². The molecule has 9 heteroatoms. The van der Waals surface area contributed by atoms with E-state index >= 15 is 0 Å². The predicted molar refractivity (Wildman–Crippen MR) is 136 cm³/mol. The zero-order valence-corrected chi connectivity index (χ0v) is 21.1. The van der Waals surface area contributed by atoms with Gasteiger partial charge in [-0.05, 0) is 69.7 Å². The summed E-state index contributed by atoms with van der Waals surface area (Å²) >= 11 is 0. The summed E-state index contributed by atoms with van der Waals surface area (Å²) in [6.45, 7) is 9.20. The molecule has 4 rings (SSSR count). The molecule has 1 fully saturated rings. The fourth-order valence-corrected chi connectivity index (χ4v) is 4.78. The Kier molecular flexibility index (Phi) is 8.36. The SMILES string of the molecule is CC(=O)N1c2ccc(-c3cnc(N4CCCCC4)nc3)cc2[C@H](NC(=O)OC(C)C)C[C@@H]1C.Cl. The van der Waals surface area contributed by atoms with Gasteiger partial charge in [-0.2, -0.15) is 0 Å². The van der Waals surface area contributed by atoms with E-state index in [2.05, 4.69) is 20.2 Å². The normalized spacial score (nSPS) is 19.8. The third-order valence-corrected chi connectivity index (χ3v) is 6.26. The maximum absolute atomic E-state index is 12.4. The molecule has 0 saturated carbocycles. The number of hydrogen-bond acceptors (Lipinski definition) is 6. The molecule has 0 bridgehead atoms. The van der Waals surface area contributed by atoms with E-state index in [9.17, 15) is 9.59 Å². The van der Waals surface area contributed by atoms with Crippen LogP contribution in [0.3, 0.4) is 0 Å². The molecule has 1 saturated heterocycles. The Morgan fingerprint density at radius 3 is 2.38 bits per heavy atom. The maximum atomic E-state index is 12.4. The summed E-state index contributed by atoms with van der Waals surface area (Å²) in [5.41, 5.74) is 3.54. The van der Waals surface area contributed by atoms with Gasteiger partial charge in [0.05, 0.1) is 12.1 Å². The first-order valence-corrected chi connectivity index (χ1v) is 11.8. The van der Waals surface area contributed by atoms with Crippen LogP contribution in [0.2, 0.25) is 0 Å². The smallest absolute Gasteiger partial charge is 0.407 e. The molecular weight excluding hydrogens is 454 g/mol. The molecule has 8 nitrogen and oxygen atoms in total. The van der Waals surface area contributed by atoms with Gasteiger partial charge in [-0.25, -0.2) is 14.8 Å². The van der Waals surface area contributed by atoms with E-state index < -0.39 is 6.09 Å². The fraction of sp³-hybridized carbons (Fsp3) is 0.520. The molecule has 1 aromatic carbocycles. The second kappa shape index (κ2) is 11.0. The van der Waals surface area contributed by atoms with Crippen LogP contribution in [0.4, 0.5) is 16.4 Å². The molecule has 2 aromatic rings. The van der Waals surface area contributed by atoms with Crippen molar-refractivity contribution < 1.29 is 14.3 Å². The van der Waals surface area contributed by atoms with Gasteiger partial charge in [0.1, 0.15) is 0 Å². The van der Waals surface area contributed by atoms with Crippen LogP contribution in [0.1, 0.15) is 65.0 Å². The minimum Gasteiger partial charge on any atom is -0.447 e. The number of halogens is 1. The lowest BCUT2D eigenvalue weighted by Gasteiger charge is -2.39. The van der Waals surface area contributed by atoms with Crippen LogP contribution in [0.15, 0.2) is 30.6 Å². The van der Waals surface area contributed by atoms with E-state index in [1.807, 2.05) is 51.4 Å². The molecule has 2 atom stereocenters. The molecule has 3 heterocycles. The van der Waals surface area contributed by atoms with E-state index in [1.54, 1.807) is 11.8 Å². The average Bonchev–Trinajstić information content (AvgIpc) is 2.79. The highest BCUT2D eigenvalue weighted by Crippen LogP contribution is 2.39. The number of rotatable bonds is 4. The molecular formula is C25H34ClN5O3. The van der Waals surface area contributed by atoms with Gasteiger partial charge in [0.25, 0.3) is 0 Å². The summed E-state index contributed by atoms with van der Waals surface area (Å²) < 4.78 is 5.31. The highest BCUT2D eigenvalue weighted by molar-refractivity contribution is 5.94. The van der Waals surface area contributed by atoms with Gasteiger partial charge in [-0.1, -0.05) is 6.07 Å². The van der Waals surface area contributed by atoms with E-state index in [-0.39, 0.29) is 36.5 Å². The number of alkyl carbamates (subject to hydrolysis) is 1. The van der Waals surface area contributed by atoms with Crippen LogP contribution in [0, 0.1) is 0 Å². The zero-order chi connectivity index (χ0) is 23.5. The first kappa shape index (κ1) is 25.7. The number of amides is 2. The van der Waals surface area contributed by atoms with Crippen molar-refractivity contribution in [2.75, 3.05) is 22.9 Å². The highest BCUT2D eigenvalue weighted by atomic mass is 35.5. The summed E-state index contributed by atoms with van der Waals surface area (Å²) in [6, 6.07) is 5.65. The fourth-order valence-electron chi connectivity index (χ4n) is 4.78. The van der Waals surface area contributed by atoms with Gasteiger partial charge in [0.2, 0.25) is 11.9 Å². The largest absolute Gasteiger partial charge is 0.447 e. The number of hydrogen-bond donors (Lipinski definition) is 1. The number of fused-ring (bicyclic) bond motifs is 1. The summed E-state index contributed by atoms with van der Waals surface area (Å²) in [7, 11) is 0. The summed E-state index contributed by atoms with van der Waals surface area (Å²) in [5, 5.41) is 2.99. The van der Waals surface area contributed by atoms with Crippen molar-refractivity contribution in [2.24, 2.45) is 0 Å². The number of aromatic nitrogens is 2. The molecule has 0 unspecified atom stereocenters. The number of benzene rings is 1. The number of anilines is 2. The number of nitrogens with zero attached hydrogens (tertiary/aromatic N) is 4. The third kappa shape index (κ3) is 5.60. The standard InChI is InChI=1S/C25H33N5O3.ClH/c1-16(2)33-25(32)28-22-12-17(3)30(18(4)31)23-9-8-19(13-21(22)23)20-14-26-24(27-15-20)29-10-6-5-7-11-29;/h8-9,13-17,22H,5-7,10-12H2,1-4H3,(H,28,32);1H/t17-,22+;/m0./s1. The summed E-state index contributed by atoms with van der Waals surface area (Å²) in [4.78, 5) is 38.0. The van der Waals surface area contributed by atoms with Crippen molar-refractivity contribution in [3.63, 3.8) is 0 Å². The zero-order valence-electron chi connectivity index (χ0n) is 20.3. The van der Waals surface area contributed by atoms with Crippen molar-refractivity contribution in [3.05, 3.63) is 36.2 Å². The lowest BCUT2D eigenvalue weighted by molar-refractivity contribution is -0.117. The lowest BCUT2D eigenvalue weighted by atomic mass is 9.89. The molecule has 0 spiro atoms. The van der Waals surface area contributed by atoms with E-state index in [0.29, 0.717) is 6.42 Å². The molecule has 2 aliphatic rings. The van der Waals surface area contributed by atoms with Gasteiger partial charge in [-0.15, -0.1) is 12.4 Å². The lowest BCUT2D eigenvalue weighted by Crippen LogP contribution is -2.45. The number of ether oxygens (including phenoxy) is 1. The van der Waals surface area contributed by atoms with Crippen LogP contribution < -0.4 is 15.1 Å². The third-order valence-electron chi connectivity index (χ3n) is 6.26. The van der Waals surface area contributed by atoms with Crippen molar-refractivity contribution in [2.45, 2.75) is 71.6 Å². The minimum atomic E-state index is -0.455. The first-order valence-electron chi connectivity index (χ1n) is 11.8. The van der Waals surface area contributed by atoms with Gasteiger partial charge >= 0.3 is 6.09 Å². The van der Waals surface area contributed by atoms with E-state index in [1.165, 1.54) is 19.3 Å². The van der Waals surface area contributed by atoms with Crippen molar-refractivity contribution >= 4 is 36.0 Å². The molecule has 2 aliphatic heterocycles. The summed E-state index contributed by atoms with van der Waals surface area (Å²) in [5.74, 6) is 0.748. The van der Waals surface area contributed by atoms with Gasteiger partial charge in [-0.3, -0.25) is 4.79 Å². The number of piperidine rings is 1. The monoisotopic (exact) mass is 487 g/mol. The Hall–Kier alpha value is -2.87. The van der Waals surface area contributed by atoms with Gasteiger partial charge in [0.15, 0.2) is 0 Å². The Morgan fingerprint density at radius 1 is 1.09 bits per heavy atom. The number of carbonyl (C=O) groups excluding carboxylic acids is 2. The molecule has 34 heavy (non-hydrogen) atoms. The Balaban J connectivity index is 0.00000324. The van der Waals surface area contributed by atoms with Crippen molar-refractivity contribution in [1.29, 1.82) is 0 Å². The van der Waals surface area contributed by atoms with E-state index in [0.717, 1.165) is 41.4 Å². The van der Waals surface area contributed by atoms with Crippen LogP contribution in [-0.4, -0.2) is 47.2 Å². The summed E-state index contributed by atoms with van der Waals surface area (Å²) in [6.07, 6.45) is 7.26. The predicted octanol–water partition coefficient (Wildman–Crippen LogP) is 4.88. The number of nitrogens with one attached hydrogen (secondary N) is 1. The topological polar surface area (TPSA) is 87.7 Å². The van der Waals surface area contributed by atoms with Crippen LogP contribution >= 0.6 is 12.4 Å². The second-order valence-electron chi connectivity index (χ2n) is 9.22. The Bertz CT molecular complexity index is 1010. The molecule has 0 aliphatic carbocycles. The molecule has 1 aromatic heterocycles. The van der Waals surface area contributed by atoms with Gasteiger partial charge in [0, 0.05) is 49.7 Å². The second-order valence-corrected chi connectivity index (χ2v) is 9.22.